The Morgan fingerprint density at radius 3 is 2.61 bits per heavy atom. The number of rotatable bonds is 4. The number of nitrogens with two attached hydrogens (primary N) is 1. The van der Waals surface area contributed by atoms with Gasteiger partial charge in [0, 0.05) is 0 Å². The molecule has 0 saturated heterocycles. The molecule has 0 radical (unpaired) electrons. The Morgan fingerprint density at radius 1 is 1.50 bits per heavy atom. The third kappa shape index (κ3) is 3.36. The zero-order valence-corrected chi connectivity index (χ0v) is 12.7. The molecule has 102 valence electrons. The van der Waals surface area contributed by atoms with Crippen molar-refractivity contribution in [3.63, 3.8) is 0 Å². The van der Waals surface area contributed by atoms with Crippen LogP contribution in [0.5, 0.6) is 0 Å². The van der Waals surface area contributed by atoms with Gasteiger partial charge in [0.15, 0.2) is 14.2 Å². The molecule has 0 amide bonds. The first-order valence-electron chi connectivity index (χ1n) is 5.86. The van der Waals surface area contributed by atoms with Crippen LogP contribution >= 0.6 is 0 Å². The van der Waals surface area contributed by atoms with Crippen molar-refractivity contribution in [1.29, 1.82) is 0 Å². The van der Waals surface area contributed by atoms with Crippen LogP contribution in [0.1, 0.15) is 32.1 Å². The molecule has 18 heavy (non-hydrogen) atoms. The van der Waals surface area contributed by atoms with Crippen molar-refractivity contribution in [2.24, 2.45) is 10.9 Å². The van der Waals surface area contributed by atoms with Crippen LogP contribution in [0, 0.1) is 0 Å². The summed E-state index contributed by atoms with van der Waals surface area (Å²) >= 11 is 0. The van der Waals surface area contributed by atoms with E-state index >= 15 is 0 Å². The van der Waals surface area contributed by atoms with Crippen LogP contribution in [0.15, 0.2) is 21.9 Å². The molecule has 5 nitrogen and oxygen atoms in total. The van der Waals surface area contributed by atoms with Crippen LogP contribution in [0.3, 0.4) is 0 Å². The van der Waals surface area contributed by atoms with Crippen molar-refractivity contribution >= 4 is 14.2 Å². The molecule has 6 heteroatoms. The summed E-state index contributed by atoms with van der Waals surface area (Å²) in [6.45, 7) is 11.3. The number of amidine groups is 1. The van der Waals surface area contributed by atoms with Gasteiger partial charge in [0.05, 0.1) is 12.2 Å². The third-order valence-corrected chi connectivity index (χ3v) is 7.92. The summed E-state index contributed by atoms with van der Waals surface area (Å²) in [5, 5.41) is 11.6. The first-order valence-corrected chi connectivity index (χ1v) is 8.77. The molecule has 0 saturated carbocycles. The van der Waals surface area contributed by atoms with Gasteiger partial charge in [-0.2, -0.15) is 0 Å². The van der Waals surface area contributed by atoms with Gasteiger partial charge in [-0.25, -0.2) is 0 Å². The lowest BCUT2D eigenvalue weighted by molar-refractivity contribution is 0.246. The summed E-state index contributed by atoms with van der Waals surface area (Å²) in [5.74, 6) is 0.721. The number of nitrogens with zero attached hydrogens (tertiary/aromatic N) is 1. The van der Waals surface area contributed by atoms with Gasteiger partial charge >= 0.3 is 0 Å². The highest BCUT2D eigenvalue weighted by molar-refractivity contribution is 6.74. The van der Waals surface area contributed by atoms with E-state index in [4.69, 9.17) is 19.8 Å². The van der Waals surface area contributed by atoms with Gasteiger partial charge < -0.3 is 19.8 Å². The van der Waals surface area contributed by atoms with Crippen molar-refractivity contribution < 1.29 is 14.1 Å². The molecular weight excluding hydrogens is 248 g/mol. The Bertz CT molecular complexity index is 433. The molecule has 0 aliphatic carbocycles. The summed E-state index contributed by atoms with van der Waals surface area (Å²) in [7, 11) is -1.78. The average molecular weight is 270 g/mol. The fourth-order valence-electron chi connectivity index (χ4n) is 1.12. The minimum Gasteiger partial charge on any atom is -0.466 e. The predicted molar refractivity (Wildman–Crippen MR) is 73.2 cm³/mol. The summed E-state index contributed by atoms with van der Waals surface area (Å²) in [5.41, 5.74) is 6.03. The van der Waals surface area contributed by atoms with E-state index in [2.05, 4.69) is 39.0 Å². The maximum absolute atomic E-state index is 8.56. The molecule has 1 aromatic heterocycles. The second kappa shape index (κ2) is 5.15. The lowest BCUT2D eigenvalue weighted by Crippen LogP contribution is -2.40. The number of oxime groups is 1. The summed E-state index contributed by atoms with van der Waals surface area (Å²) in [6.07, 6.45) is 1.46. The second-order valence-electron chi connectivity index (χ2n) is 5.84. The molecule has 0 aliphatic rings. The maximum Gasteiger partial charge on any atom is 0.192 e. The molecule has 0 bridgehead atoms. The van der Waals surface area contributed by atoms with Crippen molar-refractivity contribution in [2.75, 3.05) is 0 Å². The Hall–Kier alpha value is -1.27. The summed E-state index contributed by atoms with van der Waals surface area (Å²) < 4.78 is 11.3. The first kappa shape index (κ1) is 14.8. The van der Waals surface area contributed by atoms with E-state index in [1.54, 1.807) is 6.07 Å². The molecule has 1 aromatic rings. The molecule has 0 unspecified atom stereocenters. The minimum absolute atomic E-state index is 0.0392. The van der Waals surface area contributed by atoms with Crippen LogP contribution in [0.2, 0.25) is 18.1 Å². The largest absolute Gasteiger partial charge is 0.466 e. The normalized spacial score (nSPS) is 13.9. The molecule has 0 atom stereocenters. The van der Waals surface area contributed by atoms with E-state index in [1.807, 2.05) is 0 Å². The highest BCUT2D eigenvalue weighted by Gasteiger charge is 2.37. The smallest absolute Gasteiger partial charge is 0.192 e. The SMILES string of the molecule is CC(C)(C)[Si](C)(C)OCc1cc(C(N)=NO)co1. The molecule has 3 N–H and O–H groups in total. The lowest BCUT2D eigenvalue weighted by atomic mass is 10.2. The van der Waals surface area contributed by atoms with E-state index in [0.29, 0.717) is 17.9 Å². The number of furan rings is 1. The van der Waals surface area contributed by atoms with Crippen molar-refractivity contribution in [3.8, 4) is 0 Å². The second-order valence-corrected chi connectivity index (χ2v) is 10.6. The molecule has 0 aliphatic heterocycles. The number of hydrogen-bond acceptors (Lipinski definition) is 4. The number of hydrogen-bond donors (Lipinski definition) is 2. The standard InChI is InChI=1S/C12H22N2O3Si/c1-12(2,3)18(4,5)17-8-10-6-9(7-16-10)11(13)14-15/h6-7,15H,8H2,1-5H3,(H2,13,14). The van der Waals surface area contributed by atoms with Crippen molar-refractivity contribution in [3.05, 3.63) is 23.7 Å². The van der Waals surface area contributed by atoms with Gasteiger partial charge in [0.1, 0.15) is 12.0 Å². The zero-order valence-electron chi connectivity index (χ0n) is 11.7. The fourth-order valence-corrected chi connectivity index (χ4v) is 2.05. The topological polar surface area (TPSA) is 81.0 Å². The Kier molecular flexibility index (Phi) is 4.23. The van der Waals surface area contributed by atoms with E-state index in [-0.39, 0.29) is 10.9 Å². The Morgan fingerprint density at radius 2 is 2.11 bits per heavy atom. The third-order valence-electron chi connectivity index (χ3n) is 3.44. The van der Waals surface area contributed by atoms with E-state index < -0.39 is 8.32 Å². The minimum atomic E-state index is -1.78. The van der Waals surface area contributed by atoms with Gasteiger partial charge in [-0.15, -0.1) is 0 Å². The summed E-state index contributed by atoms with van der Waals surface area (Å²) in [4.78, 5) is 0. The van der Waals surface area contributed by atoms with Crippen LogP contribution in [0.25, 0.3) is 0 Å². The Labute approximate surface area is 109 Å². The predicted octanol–water partition coefficient (Wildman–Crippen LogP) is 2.90. The molecule has 0 spiro atoms. The van der Waals surface area contributed by atoms with E-state index in [0.717, 1.165) is 0 Å². The van der Waals surface area contributed by atoms with Crippen molar-refractivity contribution in [1.82, 2.24) is 0 Å². The van der Waals surface area contributed by atoms with Gasteiger partial charge in [0.25, 0.3) is 0 Å². The van der Waals surface area contributed by atoms with Crippen LogP contribution in [-0.4, -0.2) is 19.4 Å². The lowest BCUT2D eigenvalue weighted by Gasteiger charge is -2.35. The van der Waals surface area contributed by atoms with Crippen LogP contribution < -0.4 is 5.73 Å². The quantitative estimate of drug-likeness (QED) is 0.290. The maximum atomic E-state index is 8.56. The first-order chi connectivity index (χ1) is 8.17. The van der Waals surface area contributed by atoms with Gasteiger partial charge in [-0.05, 0) is 24.2 Å². The molecule has 1 rings (SSSR count). The highest BCUT2D eigenvalue weighted by atomic mass is 28.4. The molecule has 1 heterocycles. The molecule has 0 fully saturated rings. The highest BCUT2D eigenvalue weighted by Crippen LogP contribution is 2.37. The summed E-state index contributed by atoms with van der Waals surface area (Å²) in [6, 6.07) is 1.72. The molecule has 0 aromatic carbocycles. The van der Waals surface area contributed by atoms with Gasteiger partial charge in [0.2, 0.25) is 0 Å². The van der Waals surface area contributed by atoms with Gasteiger partial charge in [-0.1, -0.05) is 25.9 Å². The zero-order chi connectivity index (χ0) is 14.0. The monoisotopic (exact) mass is 270 g/mol. The fraction of sp³-hybridized carbons (Fsp3) is 0.583. The van der Waals surface area contributed by atoms with E-state index in [9.17, 15) is 0 Å². The van der Waals surface area contributed by atoms with Crippen molar-refractivity contribution in [2.45, 2.75) is 45.5 Å². The van der Waals surface area contributed by atoms with Gasteiger partial charge in [-0.3, -0.25) is 0 Å². The van der Waals surface area contributed by atoms with E-state index in [1.165, 1.54) is 6.26 Å². The Balaban J connectivity index is 2.68. The average Bonchev–Trinajstić information content (AvgIpc) is 2.72. The van der Waals surface area contributed by atoms with Crippen LogP contribution in [-0.2, 0) is 11.0 Å². The van der Waals surface area contributed by atoms with Crippen LogP contribution in [0.4, 0.5) is 0 Å². The molecular formula is C12H22N2O3Si.